The predicted octanol–water partition coefficient (Wildman–Crippen LogP) is 0.997. The Labute approximate surface area is 158 Å². The minimum Gasteiger partial charge on any atom is -0.445 e. The molecule has 2 rings (SSSR count). The van der Waals surface area contributed by atoms with Crippen LogP contribution in [0.5, 0.6) is 0 Å². The molecule has 0 saturated heterocycles. The second-order valence-corrected chi connectivity index (χ2v) is 5.89. The number of hydrogen-bond donors (Lipinski definition) is 3. The van der Waals surface area contributed by atoms with E-state index in [1.165, 1.54) is 0 Å². The van der Waals surface area contributed by atoms with E-state index in [9.17, 15) is 9.59 Å². The fourth-order valence-electron chi connectivity index (χ4n) is 2.07. The lowest BCUT2D eigenvalue weighted by Gasteiger charge is -2.13. The molecule has 9 nitrogen and oxygen atoms in total. The molecule has 0 atom stereocenters. The van der Waals surface area contributed by atoms with Crippen LogP contribution in [-0.2, 0) is 16.1 Å². The summed E-state index contributed by atoms with van der Waals surface area (Å²) in [6.07, 6.45) is 1.03. The van der Waals surface area contributed by atoms with E-state index in [1.807, 2.05) is 55.4 Å². The van der Waals surface area contributed by atoms with E-state index >= 15 is 0 Å². The number of benzene rings is 1. The molecule has 0 saturated carbocycles. The maximum Gasteiger partial charge on any atom is 0.407 e. The van der Waals surface area contributed by atoms with Crippen LogP contribution in [0.2, 0.25) is 0 Å². The van der Waals surface area contributed by atoms with Gasteiger partial charge in [0.25, 0.3) is 0 Å². The van der Waals surface area contributed by atoms with Gasteiger partial charge in [0.05, 0.1) is 18.4 Å². The highest BCUT2D eigenvalue weighted by Crippen LogP contribution is 2.12. The number of anilines is 2. The van der Waals surface area contributed by atoms with Crippen LogP contribution in [0.1, 0.15) is 5.56 Å². The molecule has 0 unspecified atom stereocenters. The molecule has 0 aliphatic carbocycles. The molecular weight excluding hydrogens is 348 g/mol. The number of carbonyl (C=O) groups is 2. The maximum absolute atomic E-state index is 11.7. The van der Waals surface area contributed by atoms with Gasteiger partial charge in [-0.3, -0.25) is 4.79 Å². The van der Waals surface area contributed by atoms with E-state index in [4.69, 9.17) is 4.74 Å². The van der Waals surface area contributed by atoms with E-state index in [-0.39, 0.29) is 19.1 Å². The molecule has 1 aromatic heterocycles. The number of nitrogens with zero attached hydrogens (tertiary/aromatic N) is 3. The van der Waals surface area contributed by atoms with Crippen LogP contribution in [0.4, 0.5) is 16.3 Å². The average molecular weight is 372 g/mol. The van der Waals surface area contributed by atoms with Crippen molar-refractivity contribution in [3.8, 4) is 0 Å². The summed E-state index contributed by atoms with van der Waals surface area (Å²) in [6, 6.07) is 11.2. The van der Waals surface area contributed by atoms with Crippen LogP contribution < -0.4 is 20.9 Å². The smallest absolute Gasteiger partial charge is 0.407 e. The van der Waals surface area contributed by atoms with Gasteiger partial charge >= 0.3 is 6.09 Å². The van der Waals surface area contributed by atoms with E-state index < -0.39 is 6.09 Å². The van der Waals surface area contributed by atoms with Crippen molar-refractivity contribution in [2.45, 2.75) is 6.61 Å². The Morgan fingerprint density at radius 1 is 1.11 bits per heavy atom. The van der Waals surface area contributed by atoms with Gasteiger partial charge in [0, 0.05) is 33.3 Å². The van der Waals surface area contributed by atoms with Gasteiger partial charge in [0.2, 0.25) is 5.91 Å². The minimum absolute atomic E-state index is 0.149. The van der Waals surface area contributed by atoms with Gasteiger partial charge in [-0.2, -0.15) is 5.10 Å². The first-order chi connectivity index (χ1) is 13.0. The lowest BCUT2D eigenvalue weighted by Crippen LogP contribution is -2.38. The minimum atomic E-state index is -0.636. The van der Waals surface area contributed by atoms with Gasteiger partial charge in [-0.1, -0.05) is 30.3 Å². The van der Waals surface area contributed by atoms with E-state index in [0.717, 1.165) is 11.3 Å². The highest BCUT2D eigenvalue weighted by Gasteiger charge is 2.06. The lowest BCUT2D eigenvalue weighted by atomic mass is 10.2. The molecule has 9 heteroatoms. The highest BCUT2D eigenvalue weighted by molar-refractivity contribution is 5.82. The summed E-state index contributed by atoms with van der Waals surface area (Å²) in [5.74, 6) is 0.319. The van der Waals surface area contributed by atoms with Gasteiger partial charge in [-0.05, 0) is 5.56 Å². The SMILES string of the molecule is CN(C)c1cnnc(NCCNC(=O)CNC(=O)OCc2ccccc2)c1. The van der Waals surface area contributed by atoms with Crippen LogP contribution in [0, 0.1) is 0 Å². The molecule has 1 heterocycles. The number of nitrogens with one attached hydrogen (secondary N) is 3. The molecule has 0 spiro atoms. The van der Waals surface area contributed by atoms with Crippen molar-refractivity contribution in [2.75, 3.05) is 43.9 Å². The standard InChI is InChI=1S/C18H24N6O3/c1-24(2)15-10-16(23-22-11-15)19-8-9-20-17(25)12-21-18(26)27-13-14-6-4-3-5-7-14/h3-7,10-11H,8-9,12-13H2,1-2H3,(H,19,23)(H,20,25)(H,21,26). The first-order valence-corrected chi connectivity index (χ1v) is 8.50. The zero-order valence-electron chi connectivity index (χ0n) is 15.4. The third-order valence-electron chi connectivity index (χ3n) is 3.52. The molecule has 144 valence electrons. The van der Waals surface area contributed by atoms with Crippen LogP contribution in [0.3, 0.4) is 0 Å². The second-order valence-electron chi connectivity index (χ2n) is 5.89. The highest BCUT2D eigenvalue weighted by atomic mass is 16.5. The zero-order chi connectivity index (χ0) is 19.5. The van der Waals surface area contributed by atoms with Gasteiger partial charge in [0.1, 0.15) is 6.61 Å². The van der Waals surface area contributed by atoms with Gasteiger partial charge in [-0.15, -0.1) is 5.10 Å². The van der Waals surface area contributed by atoms with Crippen LogP contribution in [-0.4, -0.2) is 55.9 Å². The predicted molar refractivity (Wildman–Crippen MR) is 102 cm³/mol. The Morgan fingerprint density at radius 2 is 1.89 bits per heavy atom. The largest absolute Gasteiger partial charge is 0.445 e. The molecule has 0 bridgehead atoms. The molecule has 2 amide bonds. The fourth-order valence-corrected chi connectivity index (χ4v) is 2.07. The Balaban J connectivity index is 1.58. The molecule has 1 aromatic carbocycles. The molecular formula is C18H24N6O3. The third kappa shape index (κ3) is 7.59. The molecule has 0 aliphatic heterocycles. The van der Waals surface area contributed by atoms with Crippen molar-refractivity contribution < 1.29 is 14.3 Å². The number of rotatable bonds is 9. The van der Waals surface area contributed by atoms with Crippen molar-refractivity contribution >= 4 is 23.5 Å². The zero-order valence-corrected chi connectivity index (χ0v) is 15.4. The van der Waals surface area contributed by atoms with Crippen LogP contribution in [0.15, 0.2) is 42.6 Å². The van der Waals surface area contributed by atoms with Crippen LogP contribution >= 0.6 is 0 Å². The number of ether oxygens (including phenoxy) is 1. The summed E-state index contributed by atoms with van der Waals surface area (Å²) in [4.78, 5) is 25.2. The normalized spacial score (nSPS) is 10.0. The summed E-state index contributed by atoms with van der Waals surface area (Å²) in [5, 5.41) is 16.0. The van der Waals surface area contributed by atoms with Gasteiger partial charge in [-0.25, -0.2) is 4.79 Å². The van der Waals surface area contributed by atoms with E-state index in [0.29, 0.717) is 18.9 Å². The van der Waals surface area contributed by atoms with E-state index in [2.05, 4.69) is 26.1 Å². The fraction of sp³-hybridized carbons (Fsp3) is 0.333. The Kier molecular flexibility index (Phi) is 7.83. The van der Waals surface area contributed by atoms with E-state index in [1.54, 1.807) is 6.20 Å². The Morgan fingerprint density at radius 3 is 2.63 bits per heavy atom. The topological polar surface area (TPSA) is 108 Å². The summed E-state index contributed by atoms with van der Waals surface area (Å²) in [7, 11) is 3.83. The lowest BCUT2D eigenvalue weighted by molar-refractivity contribution is -0.120. The number of hydrogen-bond acceptors (Lipinski definition) is 7. The number of aromatic nitrogens is 2. The first-order valence-electron chi connectivity index (χ1n) is 8.50. The quantitative estimate of drug-likeness (QED) is 0.564. The monoisotopic (exact) mass is 372 g/mol. The molecule has 2 aromatic rings. The van der Waals surface area contributed by atoms with Crippen molar-refractivity contribution in [1.29, 1.82) is 0 Å². The second kappa shape index (κ2) is 10.6. The molecule has 0 aliphatic rings. The van der Waals surface area contributed by atoms with Gasteiger partial charge in [0.15, 0.2) is 5.82 Å². The molecule has 0 radical (unpaired) electrons. The molecule has 3 N–H and O–H groups in total. The van der Waals surface area contributed by atoms with Gasteiger partial charge < -0.3 is 25.6 Å². The Bertz CT molecular complexity index is 739. The number of carbonyl (C=O) groups excluding carboxylic acids is 2. The summed E-state index contributed by atoms with van der Waals surface area (Å²) < 4.78 is 5.03. The Hall–Kier alpha value is -3.36. The summed E-state index contributed by atoms with van der Waals surface area (Å²) in [6.45, 7) is 0.873. The molecule has 27 heavy (non-hydrogen) atoms. The van der Waals surface area contributed by atoms with Crippen molar-refractivity contribution in [3.63, 3.8) is 0 Å². The summed E-state index contributed by atoms with van der Waals surface area (Å²) >= 11 is 0. The van der Waals surface area contributed by atoms with Crippen LogP contribution in [0.25, 0.3) is 0 Å². The number of amides is 2. The summed E-state index contributed by atoms with van der Waals surface area (Å²) in [5.41, 5.74) is 1.80. The van der Waals surface area contributed by atoms with Crippen molar-refractivity contribution in [1.82, 2.24) is 20.8 Å². The van der Waals surface area contributed by atoms with Crippen molar-refractivity contribution in [2.24, 2.45) is 0 Å². The maximum atomic E-state index is 11.7. The first kappa shape index (κ1) is 20.0. The number of alkyl carbamates (subject to hydrolysis) is 1. The molecule has 0 fully saturated rings. The third-order valence-corrected chi connectivity index (χ3v) is 3.52. The van der Waals surface area contributed by atoms with Crippen molar-refractivity contribution in [3.05, 3.63) is 48.2 Å². The average Bonchev–Trinajstić information content (AvgIpc) is 2.69.